The van der Waals surface area contributed by atoms with Crippen LogP contribution in [0.2, 0.25) is 0 Å². The van der Waals surface area contributed by atoms with Gasteiger partial charge in [0.15, 0.2) is 0 Å². The SMILES string of the molecule is CCOC(=O)CNC(=O)CC(NC(=O)OCc1ccccc1)c1c[nH]c2ccccc12. The lowest BCUT2D eigenvalue weighted by Gasteiger charge is -2.18. The fraction of sp³-hybridized carbons (Fsp3) is 0.261. The summed E-state index contributed by atoms with van der Waals surface area (Å²) in [6.45, 7) is 1.81. The molecule has 0 saturated heterocycles. The molecule has 31 heavy (non-hydrogen) atoms. The molecule has 3 N–H and O–H groups in total. The molecule has 2 amide bonds. The molecule has 0 bridgehead atoms. The lowest BCUT2D eigenvalue weighted by molar-refractivity contribution is -0.143. The van der Waals surface area contributed by atoms with Gasteiger partial charge in [-0.1, -0.05) is 48.5 Å². The van der Waals surface area contributed by atoms with E-state index in [1.54, 1.807) is 13.1 Å². The van der Waals surface area contributed by atoms with Crippen LogP contribution in [0.4, 0.5) is 4.79 Å². The van der Waals surface area contributed by atoms with Gasteiger partial charge in [-0.05, 0) is 18.6 Å². The second-order valence-corrected chi connectivity index (χ2v) is 6.83. The number of hydrogen-bond donors (Lipinski definition) is 3. The van der Waals surface area contributed by atoms with Crippen molar-refractivity contribution in [2.75, 3.05) is 13.2 Å². The van der Waals surface area contributed by atoms with E-state index >= 15 is 0 Å². The average molecular weight is 423 g/mol. The largest absolute Gasteiger partial charge is 0.465 e. The van der Waals surface area contributed by atoms with Crippen molar-refractivity contribution in [2.45, 2.75) is 26.0 Å². The van der Waals surface area contributed by atoms with Crippen molar-refractivity contribution in [1.29, 1.82) is 0 Å². The summed E-state index contributed by atoms with van der Waals surface area (Å²) >= 11 is 0. The number of carbonyl (C=O) groups excluding carboxylic acids is 3. The number of H-pyrrole nitrogens is 1. The van der Waals surface area contributed by atoms with Gasteiger partial charge < -0.3 is 25.1 Å². The summed E-state index contributed by atoms with van der Waals surface area (Å²) in [4.78, 5) is 39.5. The van der Waals surface area contributed by atoms with Gasteiger partial charge in [0.2, 0.25) is 5.91 Å². The predicted octanol–water partition coefficient (Wildman–Crippen LogP) is 3.20. The molecule has 1 unspecified atom stereocenters. The quantitative estimate of drug-likeness (QED) is 0.458. The molecule has 0 saturated carbocycles. The van der Waals surface area contributed by atoms with E-state index in [1.807, 2.05) is 54.6 Å². The number of hydrogen-bond acceptors (Lipinski definition) is 5. The minimum Gasteiger partial charge on any atom is -0.465 e. The standard InChI is InChI=1S/C23H25N3O5/c1-2-30-22(28)14-25-21(27)12-20(18-13-24-19-11-7-6-10-17(18)19)26-23(29)31-15-16-8-4-3-5-9-16/h3-11,13,20,24H,2,12,14-15H2,1H3,(H,25,27)(H,26,29). The Kier molecular flexibility index (Phi) is 7.64. The maximum absolute atomic E-state index is 12.4. The Balaban J connectivity index is 1.69. The number of ether oxygens (including phenoxy) is 2. The summed E-state index contributed by atoms with van der Waals surface area (Å²) in [5.41, 5.74) is 2.49. The zero-order valence-electron chi connectivity index (χ0n) is 17.2. The number of amides is 2. The summed E-state index contributed by atoms with van der Waals surface area (Å²) < 4.78 is 10.1. The fourth-order valence-electron chi connectivity index (χ4n) is 3.17. The fourth-order valence-corrected chi connectivity index (χ4v) is 3.17. The van der Waals surface area contributed by atoms with Gasteiger partial charge in [0.25, 0.3) is 0 Å². The molecule has 1 atom stereocenters. The second-order valence-electron chi connectivity index (χ2n) is 6.83. The molecule has 1 aromatic heterocycles. The lowest BCUT2D eigenvalue weighted by Crippen LogP contribution is -2.36. The zero-order valence-corrected chi connectivity index (χ0v) is 17.2. The van der Waals surface area contributed by atoms with Gasteiger partial charge in [-0.2, -0.15) is 0 Å². The van der Waals surface area contributed by atoms with E-state index in [9.17, 15) is 14.4 Å². The predicted molar refractivity (Wildman–Crippen MR) is 115 cm³/mol. The first-order valence-corrected chi connectivity index (χ1v) is 10.0. The minimum atomic E-state index is -0.651. The Bertz CT molecular complexity index is 1030. The molecule has 1 heterocycles. The van der Waals surface area contributed by atoms with Crippen molar-refractivity contribution in [3.05, 3.63) is 71.9 Å². The molecule has 0 radical (unpaired) electrons. The van der Waals surface area contributed by atoms with E-state index in [-0.39, 0.29) is 26.2 Å². The van der Waals surface area contributed by atoms with Crippen molar-refractivity contribution in [2.24, 2.45) is 0 Å². The smallest absolute Gasteiger partial charge is 0.407 e. The Morgan fingerprint density at radius 3 is 2.52 bits per heavy atom. The van der Waals surface area contributed by atoms with E-state index in [0.717, 1.165) is 22.0 Å². The molecular weight excluding hydrogens is 398 g/mol. The number of alkyl carbamates (subject to hydrolysis) is 1. The molecule has 0 fully saturated rings. The van der Waals surface area contributed by atoms with Crippen LogP contribution in [0.15, 0.2) is 60.8 Å². The van der Waals surface area contributed by atoms with Crippen LogP contribution in [0.25, 0.3) is 10.9 Å². The number of rotatable bonds is 9. The van der Waals surface area contributed by atoms with E-state index in [0.29, 0.717) is 0 Å². The van der Waals surface area contributed by atoms with Gasteiger partial charge >= 0.3 is 12.1 Å². The molecule has 162 valence electrons. The third-order valence-electron chi connectivity index (χ3n) is 4.63. The first-order chi connectivity index (χ1) is 15.1. The molecule has 8 nitrogen and oxygen atoms in total. The highest BCUT2D eigenvalue weighted by Crippen LogP contribution is 2.26. The molecule has 0 aliphatic heterocycles. The summed E-state index contributed by atoms with van der Waals surface area (Å²) in [6, 6.07) is 16.2. The van der Waals surface area contributed by atoms with Crippen LogP contribution in [0.3, 0.4) is 0 Å². The van der Waals surface area contributed by atoms with E-state index < -0.39 is 24.0 Å². The number of para-hydroxylation sites is 1. The van der Waals surface area contributed by atoms with Gasteiger partial charge in [0.05, 0.1) is 19.1 Å². The molecule has 8 heteroatoms. The van der Waals surface area contributed by atoms with Crippen LogP contribution in [0.1, 0.15) is 30.5 Å². The number of aromatic nitrogens is 1. The number of fused-ring (bicyclic) bond motifs is 1. The van der Waals surface area contributed by atoms with Crippen molar-refractivity contribution < 1.29 is 23.9 Å². The summed E-state index contributed by atoms with van der Waals surface area (Å²) in [5.74, 6) is -0.915. The zero-order chi connectivity index (χ0) is 22.1. The Labute approximate surface area is 179 Å². The Morgan fingerprint density at radius 2 is 1.74 bits per heavy atom. The van der Waals surface area contributed by atoms with Crippen LogP contribution in [-0.2, 0) is 25.7 Å². The van der Waals surface area contributed by atoms with Crippen molar-refractivity contribution in [3.8, 4) is 0 Å². The molecular formula is C23H25N3O5. The van der Waals surface area contributed by atoms with Gasteiger partial charge in [-0.15, -0.1) is 0 Å². The number of benzene rings is 2. The molecule has 0 aliphatic carbocycles. The van der Waals surface area contributed by atoms with Crippen LogP contribution >= 0.6 is 0 Å². The minimum absolute atomic E-state index is 0.0678. The van der Waals surface area contributed by atoms with Crippen LogP contribution < -0.4 is 10.6 Å². The molecule has 0 spiro atoms. The third-order valence-corrected chi connectivity index (χ3v) is 4.63. The highest BCUT2D eigenvalue weighted by molar-refractivity contribution is 5.87. The monoisotopic (exact) mass is 423 g/mol. The number of nitrogens with one attached hydrogen (secondary N) is 3. The summed E-state index contributed by atoms with van der Waals surface area (Å²) in [5, 5.41) is 6.17. The number of esters is 1. The maximum Gasteiger partial charge on any atom is 0.407 e. The Morgan fingerprint density at radius 1 is 1.00 bits per heavy atom. The topological polar surface area (TPSA) is 110 Å². The van der Waals surface area contributed by atoms with Crippen molar-refractivity contribution in [3.63, 3.8) is 0 Å². The number of carbonyl (C=O) groups is 3. The van der Waals surface area contributed by atoms with E-state index in [1.165, 1.54) is 0 Å². The van der Waals surface area contributed by atoms with E-state index in [4.69, 9.17) is 9.47 Å². The first kappa shape index (κ1) is 21.9. The van der Waals surface area contributed by atoms with Gasteiger partial charge in [-0.3, -0.25) is 9.59 Å². The van der Waals surface area contributed by atoms with Gasteiger partial charge in [0.1, 0.15) is 13.2 Å². The normalized spacial score (nSPS) is 11.5. The third kappa shape index (κ3) is 6.33. The summed E-state index contributed by atoms with van der Waals surface area (Å²) in [7, 11) is 0. The van der Waals surface area contributed by atoms with Gasteiger partial charge in [0, 0.05) is 22.7 Å². The highest BCUT2D eigenvalue weighted by Gasteiger charge is 2.22. The van der Waals surface area contributed by atoms with E-state index in [2.05, 4.69) is 15.6 Å². The number of aromatic amines is 1. The van der Waals surface area contributed by atoms with Crippen molar-refractivity contribution in [1.82, 2.24) is 15.6 Å². The van der Waals surface area contributed by atoms with Crippen LogP contribution in [-0.4, -0.2) is 36.1 Å². The molecule has 3 aromatic rings. The highest BCUT2D eigenvalue weighted by atomic mass is 16.5. The van der Waals surface area contributed by atoms with Gasteiger partial charge in [-0.25, -0.2) is 4.79 Å². The summed E-state index contributed by atoms with van der Waals surface area (Å²) in [6.07, 6.45) is 1.05. The van der Waals surface area contributed by atoms with Crippen molar-refractivity contribution >= 4 is 28.9 Å². The molecule has 0 aliphatic rings. The van der Waals surface area contributed by atoms with Crippen LogP contribution in [0.5, 0.6) is 0 Å². The molecule has 2 aromatic carbocycles. The Hall–Kier alpha value is -3.81. The molecule has 3 rings (SSSR count). The lowest BCUT2D eigenvalue weighted by atomic mass is 10.0. The first-order valence-electron chi connectivity index (χ1n) is 10.0. The second kappa shape index (κ2) is 10.8. The maximum atomic E-state index is 12.4. The average Bonchev–Trinajstić information content (AvgIpc) is 3.21. The van der Waals surface area contributed by atoms with Crippen LogP contribution in [0, 0.1) is 0 Å².